The first-order chi connectivity index (χ1) is 12.1. The van der Waals surface area contributed by atoms with Crippen molar-refractivity contribution in [2.24, 2.45) is 0 Å². The summed E-state index contributed by atoms with van der Waals surface area (Å²) in [4.78, 5) is 24.7. The van der Waals surface area contributed by atoms with Gasteiger partial charge in [0, 0.05) is 12.2 Å². The van der Waals surface area contributed by atoms with E-state index in [0.717, 1.165) is 0 Å². The van der Waals surface area contributed by atoms with Crippen LogP contribution in [0.2, 0.25) is 0 Å². The van der Waals surface area contributed by atoms with E-state index in [2.05, 4.69) is 4.18 Å². The summed E-state index contributed by atoms with van der Waals surface area (Å²) < 4.78 is 62.0. The molecule has 0 atom stereocenters. The molecule has 0 bridgehead atoms. The zero-order valence-corrected chi connectivity index (χ0v) is 14.7. The van der Waals surface area contributed by atoms with Crippen LogP contribution in [0.1, 0.15) is 36.2 Å². The Balaban J connectivity index is 2.42. The van der Waals surface area contributed by atoms with Crippen molar-refractivity contribution in [1.82, 2.24) is 4.57 Å². The number of carbonyl (C=O) groups is 1. The highest BCUT2D eigenvalue weighted by Crippen LogP contribution is 2.40. The fourth-order valence-corrected chi connectivity index (χ4v) is 3.11. The molecule has 0 saturated heterocycles. The molecule has 1 aliphatic rings. The number of fused-ring (bicyclic) bond motifs is 1. The van der Waals surface area contributed by atoms with Gasteiger partial charge in [0.2, 0.25) is 17.0 Å². The molecule has 3 rings (SSSR count). The van der Waals surface area contributed by atoms with E-state index in [1.165, 1.54) is 10.8 Å². The third-order valence-corrected chi connectivity index (χ3v) is 4.31. The van der Waals surface area contributed by atoms with E-state index in [1.54, 1.807) is 6.92 Å². The third-order valence-electron chi connectivity index (χ3n) is 3.84. The molecule has 26 heavy (non-hydrogen) atoms. The van der Waals surface area contributed by atoms with Gasteiger partial charge in [-0.2, -0.15) is 12.8 Å². The Hall–Kier alpha value is -2.49. The van der Waals surface area contributed by atoms with Crippen LogP contribution >= 0.6 is 0 Å². The first-order valence-electron chi connectivity index (χ1n) is 7.77. The second-order valence-electron chi connectivity index (χ2n) is 5.92. The maximum atomic E-state index is 14.3. The van der Waals surface area contributed by atoms with Crippen molar-refractivity contribution in [3.63, 3.8) is 0 Å². The average Bonchev–Trinajstić information content (AvgIpc) is 3.36. The highest BCUT2D eigenvalue weighted by atomic mass is 32.2. The third kappa shape index (κ3) is 3.28. The van der Waals surface area contributed by atoms with Crippen molar-refractivity contribution in [3.05, 3.63) is 39.7 Å². The molecule has 1 aromatic heterocycles. The number of pyridine rings is 1. The zero-order chi connectivity index (χ0) is 19.2. The van der Waals surface area contributed by atoms with Gasteiger partial charge in [0.15, 0.2) is 5.82 Å². The number of hydrogen-bond donors (Lipinski definition) is 0. The number of esters is 1. The molecule has 0 spiro atoms. The van der Waals surface area contributed by atoms with Gasteiger partial charge in [-0.1, -0.05) is 0 Å². The summed E-state index contributed by atoms with van der Waals surface area (Å²) in [7, 11) is -4.19. The Bertz CT molecular complexity index is 1070. The lowest BCUT2D eigenvalue weighted by Crippen LogP contribution is -2.22. The fourth-order valence-electron chi connectivity index (χ4n) is 2.65. The lowest BCUT2D eigenvalue weighted by molar-refractivity contribution is 0.0524. The van der Waals surface area contributed by atoms with Gasteiger partial charge < -0.3 is 13.5 Å². The quantitative estimate of drug-likeness (QED) is 0.577. The van der Waals surface area contributed by atoms with Crippen LogP contribution in [0.15, 0.2) is 17.1 Å². The predicted octanol–water partition coefficient (Wildman–Crippen LogP) is 2.13. The second kappa shape index (κ2) is 6.35. The highest BCUT2D eigenvalue weighted by Gasteiger charge is 2.31. The first kappa shape index (κ1) is 18.3. The van der Waals surface area contributed by atoms with Gasteiger partial charge in [0.25, 0.3) is 0 Å². The number of ether oxygens (including phenoxy) is 1. The molecule has 2 aromatic rings. The lowest BCUT2D eigenvalue weighted by Gasteiger charge is -2.16. The largest absolute Gasteiger partial charge is 0.462 e. The minimum atomic E-state index is -4.19. The Morgan fingerprint density at radius 3 is 2.54 bits per heavy atom. The van der Waals surface area contributed by atoms with Gasteiger partial charge in [-0.3, -0.25) is 4.79 Å². The van der Waals surface area contributed by atoms with Crippen molar-refractivity contribution < 1.29 is 30.9 Å². The molecule has 1 heterocycles. The number of carbonyl (C=O) groups excluding carboxylic acids is 1. The highest BCUT2D eigenvalue weighted by molar-refractivity contribution is 7.86. The Morgan fingerprint density at radius 2 is 2.00 bits per heavy atom. The number of benzene rings is 1. The summed E-state index contributed by atoms with van der Waals surface area (Å²) in [6.07, 6.45) is 3.18. The average molecular weight is 387 g/mol. The molecule has 1 saturated carbocycles. The van der Waals surface area contributed by atoms with Gasteiger partial charge in [-0.05, 0) is 25.8 Å². The molecule has 0 aliphatic heterocycles. The molecule has 0 amide bonds. The van der Waals surface area contributed by atoms with Gasteiger partial charge in [-0.25, -0.2) is 9.18 Å². The summed E-state index contributed by atoms with van der Waals surface area (Å²) in [5.74, 6) is -4.79. The maximum absolute atomic E-state index is 14.3. The van der Waals surface area contributed by atoms with Crippen molar-refractivity contribution in [2.75, 3.05) is 12.9 Å². The van der Waals surface area contributed by atoms with Crippen molar-refractivity contribution in [3.8, 4) is 5.75 Å². The van der Waals surface area contributed by atoms with Crippen LogP contribution in [0.25, 0.3) is 10.9 Å². The molecular formula is C16H15F2NO6S. The standard InChI is InChI=1S/C16H15F2NO6S/c1-3-24-16(21)10-7-19(8-4-5-8)13-9(14(10)20)6-11(17)12(18)15(13)25-26(2,22)23/h6-8H,3-5H2,1-2H3. The lowest BCUT2D eigenvalue weighted by atomic mass is 10.1. The van der Waals surface area contributed by atoms with Crippen LogP contribution in [-0.2, 0) is 14.9 Å². The van der Waals surface area contributed by atoms with E-state index in [-0.39, 0.29) is 29.1 Å². The molecule has 7 nitrogen and oxygen atoms in total. The van der Waals surface area contributed by atoms with Crippen LogP contribution in [0, 0.1) is 11.6 Å². The van der Waals surface area contributed by atoms with Crippen molar-refractivity contribution in [1.29, 1.82) is 0 Å². The minimum Gasteiger partial charge on any atom is -0.462 e. The molecule has 1 aromatic carbocycles. The van der Waals surface area contributed by atoms with E-state index < -0.39 is 38.9 Å². The van der Waals surface area contributed by atoms with Gasteiger partial charge >= 0.3 is 16.1 Å². The molecular weight excluding hydrogens is 372 g/mol. The maximum Gasteiger partial charge on any atom is 0.343 e. The van der Waals surface area contributed by atoms with E-state index in [0.29, 0.717) is 25.2 Å². The number of nitrogens with zero attached hydrogens (tertiary/aromatic N) is 1. The summed E-state index contributed by atoms with van der Waals surface area (Å²) >= 11 is 0. The Kier molecular flexibility index (Phi) is 4.47. The first-order valence-corrected chi connectivity index (χ1v) is 9.59. The predicted molar refractivity (Wildman–Crippen MR) is 87.8 cm³/mol. The molecule has 140 valence electrons. The molecule has 0 unspecified atom stereocenters. The van der Waals surface area contributed by atoms with Gasteiger partial charge in [0.1, 0.15) is 11.1 Å². The molecule has 0 N–H and O–H groups in total. The molecule has 1 aliphatic carbocycles. The minimum absolute atomic E-state index is 0.0277. The summed E-state index contributed by atoms with van der Waals surface area (Å²) in [5, 5.41) is -0.361. The zero-order valence-electron chi connectivity index (χ0n) is 13.9. The van der Waals surface area contributed by atoms with Crippen molar-refractivity contribution >= 4 is 27.0 Å². The van der Waals surface area contributed by atoms with Gasteiger partial charge in [0.05, 0.1) is 18.2 Å². The number of rotatable bonds is 5. The summed E-state index contributed by atoms with van der Waals surface area (Å²) in [6.45, 7) is 1.59. The Morgan fingerprint density at radius 1 is 1.35 bits per heavy atom. The van der Waals surface area contributed by atoms with E-state index in [4.69, 9.17) is 4.74 Å². The number of halogens is 2. The molecule has 0 radical (unpaired) electrons. The van der Waals surface area contributed by atoms with E-state index in [9.17, 15) is 26.8 Å². The van der Waals surface area contributed by atoms with Crippen LogP contribution in [0.5, 0.6) is 5.75 Å². The molecule has 1 fully saturated rings. The second-order valence-corrected chi connectivity index (χ2v) is 7.49. The topological polar surface area (TPSA) is 91.7 Å². The summed E-state index contributed by atoms with van der Waals surface area (Å²) in [5.41, 5.74) is -1.45. The van der Waals surface area contributed by atoms with Crippen molar-refractivity contribution in [2.45, 2.75) is 25.8 Å². The van der Waals surface area contributed by atoms with Crippen LogP contribution in [-0.4, -0.2) is 31.8 Å². The fraction of sp³-hybridized carbons (Fsp3) is 0.375. The Labute approximate surface area is 147 Å². The molecule has 10 heteroatoms. The van der Waals surface area contributed by atoms with Crippen LogP contribution < -0.4 is 9.61 Å². The van der Waals surface area contributed by atoms with Crippen LogP contribution in [0.3, 0.4) is 0 Å². The number of hydrogen-bond acceptors (Lipinski definition) is 6. The normalized spacial score (nSPS) is 14.5. The van der Waals surface area contributed by atoms with E-state index in [1.807, 2.05) is 0 Å². The van der Waals surface area contributed by atoms with Crippen LogP contribution in [0.4, 0.5) is 8.78 Å². The smallest absolute Gasteiger partial charge is 0.343 e. The van der Waals surface area contributed by atoms with Gasteiger partial charge in [-0.15, -0.1) is 0 Å². The monoisotopic (exact) mass is 387 g/mol. The van der Waals surface area contributed by atoms with E-state index >= 15 is 0 Å². The number of aromatic nitrogens is 1. The summed E-state index contributed by atoms with van der Waals surface area (Å²) in [6, 6.07) is 0.432. The SMILES string of the molecule is CCOC(=O)c1cn(C2CC2)c2c(OS(C)(=O)=O)c(F)c(F)cc2c1=O.